The Morgan fingerprint density at radius 1 is 1.20 bits per heavy atom. The van der Waals surface area contributed by atoms with Gasteiger partial charge in [-0.2, -0.15) is 0 Å². The number of rotatable bonds is 4. The summed E-state index contributed by atoms with van der Waals surface area (Å²) in [6.45, 7) is 2.95. The molecule has 0 fully saturated rings. The van der Waals surface area contributed by atoms with Gasteiger partial charge in [0.05, 0.1) is 25.1 Å². The van der Waals surface area contributed by atoms with Crippen molar-refractivity contribution in [3.05, 3.63) is 54.1 Å². The normalized spacial score (nSPS) is 13.7. The van der Waals surface area contributed by atoms with E-state index in [4.69, 9.17) is 4.74 Å². The van der Waals surface area contributed by atoms with Crippen LogP contribution in [0.3, 0.4) is 0 Å². The van der Waals surface area contributed by atoms with Crippen molar-refractivity contribution in [2.24, 2.45) is 0 Å². The summed E-state index contributed by atoms with van der Waals surface area (Å²) < 4.78 is 5.63. The van der Waals surface area contributed by atoms with E-state index >= 15 is 0 Å². The number of hydrogen-bond acceptors (Lipinski definition) is 3. The first-order valence-corrected chi connectivity index (χ1v) is 8.48. The van der Waals surface area contributed by atoms with Crippen LogP contribution in [0.4, 0.5) is 11.4 Å². The first-order chi connectivity index (χ1) is 12.1. The molecule has 0 bridgehead atoms. The third-order valence-corrected chi connectivity index (χ3v) is 4.37. The lowest BCUT2D eigenvalue weighted by Crippen LogP contribution is -2.32. The van der Waals surface area contributed by atoms with Gasteiger partial charge in [-0.3, -0.25) is 9.59 Å². The highest BCUT2D eigenvalue weighted by molar-refractivity contribution is 5.97. The van der Waals surface area contributed by atoms with E-state index in [0.29, 0.717) is 25.3 Å². The van der Waals surface area contributed by atoms with Gasteiger partial charge in [-0.05, 0) is 36.8 Å². The third kappa shape index (κ3) is 3.65. The third-order valence-electron chi connectivity index (χ3n) is 4.37. The molecule has 1 heterocycles. The topological polar surface area (TPSA) is 49.9 Å². The Morgan fingerprint density at radius 2 is 1.96 bits per heavy atom. The summed E-state index contributed by atoms with van der Waals surface area (Å²) in [5.74, 6) is 0.721. The van der Waals surface area contributed by atoms with Crippen LogP contribution in [0.15, 0.2) is 48.5 Å². The molecular formula is C20H22N2O3. The number of carbonyl (C=O) groups is 2. The number of benzene rings is 2. The van der Waals surface area contributed by atoms with Crippen LogP contribution >= 0.6 is 0 Å². The molecule has 5 heteroatoms. The fourth-order valence-corrected chi connectivity index (χ4v) is 2.99. The maximum Gasteiger partial charge on any atom is 0.231 e. The van der Waals surface area contributed by atoms with Gasteiger partial charge in [0.25, 0.3) is 0 Å². The minimum Gasteiger partial charge on any atom is -0.491 e. The molecule has 0 unspecified atom stereocenters. The number of ether oxygens (including phenoxy) is 1. The zero-order valence-electron chi connectivity index (χ0n) is 14.6. The Kier molecular flexibility index (Phi) is 5.03. The van der Waals surface area contributed by atoms with Gasteiger partial charge in [-0.25, -0.2) is 0 Å². The standard InChI is InChI=1S/C20H22N2O3/c1-3-22(16-7-5-4-6-8-16)20(24)14-15-9-10-18-17(13-15)21(2)19(23)11-12-25-18/h4-10,13H,3,11-12,14H2,1-2H3. The van der Waals surface area contributed by atoms with Gasteiger partial charge in [-0.1, -0.05) is 24.3 Å². The predicted octanol–water partition coefficient (Wildman–Crippen LogP) is 3.03. The van der Waals surface area contributed by atoms with Crippen LogP contribution in [0, 0.1) is 0 Å². The summed E-state index contributed by atoms with van der Waals surface area (Å²) in [5, 5.41) is 0. The van der Waals surface area contributed by atoms with E-state index in [2.05, 4.69) is 0 Å². The summed E-state index contributed by atoms with van der Waals surface area (Å²) in [6.07, 6.45) is 0.634. The highest BCUT2D eigenvalue weighted by Crippen LogP contribution is 2.31. The van der Waals surface area contributed by atoms with Crippen LogP contribution in [-0.2, 0) is 16.0 Å². The molecule has 25 heavy (non-hydrogen) atoms. The van der Waals surface area contributed by atoms with Crippen molar-refractivity contribution >= 4 is 23.2 Å². The molecule has 1 aliphatic heterocycles. The molecule has 1 aliphatic rings. The summed E-state index contributed by atoms with van der Waals surface area (Å²) in [6, 6.07) is 15.2. The van der Waals surface area contributed by atoms with E-state index in [9.17, 15) is 9.59 Å². The molecule has 5 nitrogen and oxygen atoms in total. The number of likely N-dealkylation sites (N-methyl/N-ethyl adjacent to an activating group) is 1. The smallest absolute Gasteiger partial charge is 0.231 e. The molecule has 2 amide bonds. The minimum atomic E-state index is 0.0155. The maximum absolute atomic E-state index is 12.7. The minimum absolute atomic E-state index is 0.0155. The van der Waals surface area contributed by atoms with Crippen molar-refractivity contribution in [2.75, 3.05) is 30.0 Å². The van der Waals surface area contributed by atoms with E-state index in [1.54, 1.807) is 16.8 Å². The molecule has 3 rings (SSSR count). The Labute approximate surface area is 147 Å². The monoisotopic (exact) mass is 338 g/mol. The lowest BCUT2D eigenvalue weighted by atomic mass is 10.1. The van der Waals surface area contributed by atoms with Gasteiger partial charge >= 0.3 is 0 Å². The van der Waals surface area contributed by atoms with Crippen molar-refractivity contribution in [3.8, 4) is 5.75 Å². The number of anilines is 2. The number of fused-ring (bicyclic) bond motifs is 1. The van der Waals surface area contributed by atoms with E-state index in [1.807, 2.05) is 55.5 Å². The number of nitrogens with zero attached hydrogens (tertiary/aromatic N) is 2. The van der Waals surface area contributed by atoms with Gasteiger partial charge in [-0.15, -0.1) is 0 Å². The Balaban J connectivity index is 1.82. The van der Waals surface area contributed by atoms with E-state index in [-0.39, 0.29) is 18.2 Å². The number of hydrogen-bond donors (Lipinski definition) is 0. The molecule has 0 saturated heterocycles. The first kappa shape index (κ1) is 17.0. The van der Waals surface area contributed by atoms with Crippen LogP contribution < -0.4 is 14.5 Å². The van der Waals surface area contributed by atoms with Gasteiger partial charge in [0, 0.05) is 19.3 Å². The SMILES string of the molecule is CCN(C(=O)Cc1ccc2c(c1)N(C)C(=O)CCO2)c1ccccc1. The van der Waals surface area contributed by atoms with E-state index in [1.165, 1.54) is 0 Å². The maximum atomic E-state index is 12.7. The van der Waals surface area contributed by atoms with Gasteiger partial charge in [0.2, 0.25) is 11.8 Å². The zero-order chi connectivity index (χ0) is 17.8. The predicted molar refractivity (Wildman–Crippen MR) is 98.1 cm³/mol. The number of amides is 2. The van der Waals surface area contributed by atoms with Crippen LogP contribution in [0.1, 0.15) is 18.9 Å². The molecule has 0 radical (unpaired) electrons. The molecule has 0 spiro atoms. The number of para-hydroxylation sites is 1. The van der Waals surface area contributed by atoms with Gasteiger partial charge < -0.3 is 14.5 Å². The molecular weight excluding hydrogens is 316 g/mol. The lowest BCUT2D eigenvalue weighted by molar-refractivity contribution is -0.119. The molecule has 2 aromatic rings. The second-order valence-corrected chi connectivity index (χ2v) is 6.00. The second kappa shape index (κ2) is 7.38. The highest BCUT2D eigenvalue weighted by atomic mass is 16.5. The zero-order valence-corrected chi connectivity index (χ0v) is 14.6. The van der Waals surface area contributed by atoms with Crippen molar-refractivity contribution in [1.29, 1.82) is 0 Å². The van der Waals surface area contributed by atoms with Crippen LogP contribution in [0.5, 0.6) is 5.75 Å². The molecule has 0 aliphatic carbocycles. The quantitative estimate of drug-likeness (QED) is 0.861. The molecule has 130 valence electrons. The van der Waals surface area contributed by atoms with E-state index < -0.39 is 0 Å². The Hall–Kier alpha value is -2.82. The van der Waals surface area contributed by atoms with Crippen LogP contribution in [0.25, 0.3) is 0 Å². The Morgan fingerprint density at radius 3 is 2.68 bits per heavy atom. The fourth-order valence-electron chi connectivity index (χ4n) is 2.99. The van der Waals surface area contributed by atoms with Crippen molar-refractivity contribution in [2.45, 2.75) is 19.8 Å². The van der Waals surface area contributed by atoms with E-state index in [0.717, 1.165) is 16.9 Å². The second-order valence-electron chi connectivity index (χ2n) is 6.00. The number of carbonyl (C=O) groups excluding carboxylic acids is 2. The highest BCUT2D eigenvalue weighted by Gasteiger charge is 2.21. The first-order valence-electron chi connectivity index (χ1n) is 8.48. The van der Waals surface area contributed by atoms with Crippen molar-refractivity contribution < 1.29 is 14.3 Å². The summed E-state index contributed by atoms with van der Waals surface area (Å²) in [5.41, 5.74) is 2.47. The van der Waals surface area contributed by atoms with Crippen molar-refractivity contribution in [1.82, 2.24) is 0 Å². The fraction of sp³-hybridized carbons (Fsp3) is 0.300. The van der Waals surface area contributed by atoms with Gasteiger partial charge in [0.1, 0.15) is 5.75 Å². The molecule has 0 aromatic heterocycles. The molecule has 0 atom stereocenters. The average Bonchev–Trinajstić information content (AvgIpc) is 2.76. The van der Waals surface area contributed by atoms with Crippen LogP contribution in [0.2, 0.25) is 0 Å². The van der Waals surface area contributed by atoms with Crippen LogP contribution in [-0.4, -0.2) is 32.0 Å². The Bertz CT molecular complexity index is 774. The average molecular weight is 338 g/mol. The lowest BCUT2D eigenvalue weighted by Gasteiger charge is -2.22. The molecule has 0 N–H and O–H groups in total. The summed E-state index contributed by atoms with van der Waals surface area (Å²) in [7, 11) is 1.74. The largest absolute Gasteiger partial charge is 0.491 e. The molecule has 0 saturated carbocycles. The summed E-state index contributed by atoms with van der Waals surface area (Å²) >= 11 is 0. The molecule has 2 aromatic carbocycles. The summed E-state index contributed by atoms with van der Waals surface area (Å²) in [4.78, 5) is 28.1. The van der Waals surface area contributed by atoms with Crippen molar-refractivity contribution in [3.63, 3.8) is 0 Å². The van der Waals surface area contributed by atoms with Gasteiger partial charge in [0.15, 0.2) is 0 Å².